The van der Waals surface area contributed by atoms with Crippen molar-refractivity contribution in [3.63, 3.8) is 0 Å². The second-order valence-electron chi connectivity index (χ2n) is 3.15. The number of halogens is 2. The van der Waals surface area contributed by atoms with E-state index < -0.39 is 0 Å². The van der Waals surface area contributed by atoms with Crippen LogP contribution in [0.5, 0.6) is 0 Å². The predicted molar refractivity (Wildman–Crippen MR) is 60.5 cm³/mol. The van der Waals surface area contributed by atoms with E-state index in [9.17, 15) is 4.39 Å². The van der Waals surface area contributed by atoms with Gasteiger partial charge in [0.05, 0.1) is 4.47 Å². The molecule has 0 spiro atoms. The van der Waals surface area contributed by atoms with Crippen LogP contribution in [0.3, 0.4) is 0 Å². The van der Waals surface area contributed by atoms with Gasteiger partial charge in [-0.15, -0.1) is 6.58 Å². The van der Waals surface area contributed by atoms with Crippen LogP contribution in [0.1, 0.15) is 24.4 Å². The van der Waals surface area contributed by atoms with Crippen molar-refractivity contribution in [1.82, 2.24) is 0 Å². The molecule has 0 aromatic heterocycles. The predicted octanol–water partition coefficient (Wildman–Crippen LogP) is 3.55. The lowest BCUT2D eigenvalue weighted by Gasteiger charge is -2.11. The highest BCUT2D eigenvalue weighted by molar-refractivity contribution is 9.10. The summed E-state index contributed by atoms with van der Waals surface area (Å²) in [5.41, 5.74) is 6.85. The first-order valence-electron chi connectivity index (χ1n) is 4.46. The van der Waals surface area contributed by atoms with Gasteiger partial charge in [-0.25, -0.2) is 4.39 Å². The highest BCUT2D eigenvalue weighted by atomic mass is 79.9. The Labute approximate surface area is 91.9 Å². The van der Waals surface area contributed by atoms with Crippen molar-refractivity contribution in [2.75, 3.05) is 0 Å². The standard InChI is InChI=1S/C11H13BrFN/c1-2-3-4-11(14)8-5-6-10(13)9(12)7-8/h2,5-7,11H,1,3-4,14H2. The average molecular weight is 258 g/mol. The first-order chi connectivity index (χ1) is 6.65. The van der Waals surface area contributed by atoms with Crippen molar-refractivity contribution in [3.8, 4) is 0 Å². The molecule has 1 nitrogen and oxygen atoms in total. The third-order valence-electron chi connectivity index (χ3n) is 2.05. The number of hydrogen-bond donors (Lipinski definition) is 1. The van der Waals surface area contributed by atoms with Crippen LogP contribution >= 0.6 is 15.9 Å². The van der Waals surface area contributed by atoms with Gasteiger partial charge < -0.3 is 5.73 Å². The van der Waals surface area contributed by atoms with E-state index in [1.54, 1.807) is 12.1 Å². The summed E-state index contributed by atoms with van der Waals surface area (Å²) in [6.07, 6.45) is 3.54. The zero-order valence-corrected chi connectivity index (χ0v) is 9.43. The summed E-state index contributed by atoms with van der Waals surface area (Å²) in [5.74, 6) is -0.260. The molecule has 0 aliphatic heterocycles. The van der Waals surface area contributed by atoms with Crippen LogP contribution in [0.25, 0.3) is 0 Å². The molecule has 0 radical (unpaired) electrons. The molecule has 1 atom stereocenters. The fourth-order valence-corrected chi connectivity index (χ4v) is 1.60. The van der Waals surface area contributed by atoms with Gasteiger partial charge in [-0.05, 0) is 46.5 Å². The minimum atomic E-state index is -0.260. The Kier molecular flexibility index (Phi) is 4.29. The van der Waals surface area contributed by atoms with Gasteiger partial charge in [0.15, 0.2) is 0 Å². The van der Waals surface area contributed by atoms with Crippen LogP contribution in [0.2, 0.25) is 0 Å². The first kappa shape index (κ1) is 11.4. The zero-order chi connectivity index (χ0) is 10.6. The van der Waals surface area contributed by atoms with Crippen molar-refractivity contribution < 1.29 is 4.39 Å². The lowest BCUT2D eigenvalue weighted by atomic mass is 10.0. The van der Waals surface area contributed by atoms with E-state index in [0.29, 0.717) is 4.47 Å². The highest BCUT2D eigenvalue weighted by Gasteiger charge is 2.07. The maximum absolute atomic E-state index is 12.9. The maximum atomic E-state index is 12.9. The highest BCUT2D eigenvalue weighted by Crippen LogP contribution is 2.22. The van der Waals surface area contributed by atoms with Gasteiger partial charge in [0, 0.05) is 6.04 Å². The van der Waals surface area contributed by atoms with E-state index >= 15 is 0 Å². The smallest absolute Gasteiger partial charge is 0.137 e. The number of hydrogen-bond acceptors (Lipinski definition) is 1. The fourth-order valence-electron chi connectivity index (χ4n) is 1.21. The molecule has 0 aliphatic carbocycles. The molecular weight excluding hydrogens is 245 g/mol. The van der Waals surface area contributed by atoms with Gasteiger partial charge in [0.25, 0.3) is 0 Å². The van der Waals surface area contributed by atoms with E-state index in [-0.39, 0.29) is 11.9 Å². The summed E-state index contributed by atoms with van der Waals surface area (Å²) < 4.78 is 13.4. The quantitative estimate of drug-likeness (QED) is 0.821. The van der Waals surface area contributed by atoms with Gasteiger partial charge in [0.2, 0.25) is 0 Å². The van der Waals surface area contributed by atoms with E-state index in [0.717, 1.165) is 18.4 Å². The van der Waals surface area contributed by atoms with E-state index in [2.05, 4.69) is 22.5 Å². The minimum absolute atomic E-state index is 0.0510. The molecule has 0 aliphatic rings. The van der Waals surface area contributed by atoms with Crippen molar-refractivity contribution >= 4 is 15.9 Å². The van der Waals surface area contributed by atoms with Gasteiger partial charge >= 0.3 is 0 Å². The first-order valence-corrected chi connectivity index (χ1v) is 5.26. The number of rotatable bonds is 4. The molecule has 0 bridgehead atoms. The summed E-state index contributed by atoms with van der Waals surface area (Å²) in [7, 11) is 0. The summed E-state index contributed by atoms with van der Waals surface area (Å²) in [5, 5.41) is 0. The molecule has 0 heterocycles. The molecule has 1 unspecified atom stereocenters. The van der Waals surface area contributed by atoms with Gasteiger partial charge in [-0.3, -0.25) is 0 Å². The molecule has 0 saturated carbocycles. The third-order valence-corrected chi connectivity index (χ3v) is 2.66. The molecule has 1 aromatic carbocycles. The molecule has 1 rings (SSSR count). The average Bonchev–Trinajstić information content (AvgIpc) is 2.18. The number of allylic oxidation sites excluding steroid dienone is 1. The van der Waals surface area contributed by atoms with Crippen LogP contribution in [0.15, 0.2) is 35.3 Å². The van der Waals surface area contributed by atoms with E-state index in [4.69, 9.17) is 5.73 Å². The Morgan fingerprint density at radius 3 is 2.86 bits per heavy atom. The van der Waals surface area contributed by atoms with Gasteiger partial charge in [-0.1, -0.05) is 12.1 Å². The molecule has 1 aromatic rings. The van der Waals surface area contributed by atoms with Crippen molar-refractivity contribution in [1.29, 1.82) is 0 Å². The van der Waals surface area contributed by atoms with Crippen molar-refractivity contribution in [2.45, 2.75) is 18.9 Å². The second kappa shape index (κ2) is 5.27. The molecule has 0 amide bonds. The van der Waals surface area contributed by atoms with Gasteiger partial charge in [0.1, 0.15) is 5.82 Å². The summed E-state index contributed by atoms with van der Waals surface area (Å²) in [6, 6.07) is 4.81. The van der Waals surface area contributed by atoms with Gasteiger partial charge in [-0.2, -0.15) is 0 Å². The second-order valence-corrected chi connectivity index (χ2v) is 4.00. The third kappa shape index (κ3) is 2.93. The Balaban J connectivity index is 2.75. The summed E-state index contributed by atoms with van der Waals surface area (Å²) >= 11 is 3.13. The molecule has 76 valence electrons. The Bertz CT molecular complexity index is 325. The lowest BCUT2D eigenvalue weighted by molar-refractivity contribution is 0.614. The number of nitrogens with two attached hydrogens (primary N) is 1. The molecule has 2 N–H and O–H groups in total. The van der Waals surface area contributed by atoms with E-state index in [1.807, 2.05) is 6.08 Å². The summed E-state index contributed by atoms with van der Waals surface area (Å²) in [6.45, 7) is 3.63. The van der Waals surface area contributed by atoms with Crippen molar-refractivity contribution in [3.05, 3.63) is 46.7 Å². The monoisotopic (exact) mass is 257 g/mol. The van der Waals surface area contributed by atoms with Crippen LogP contribution in [-0.2, 0) is 0 Å². The SMILES string of the molecule is C=CCCC(N)c1ccc(F)c(Br)c1. The number of benzene rings is 1. The zero-order valence-electron chi connectivity index (χ0n) is 7.84. The Hall–Kier alpha value is -0.670. The van der Waals surface area contributed by atoms with E-state index in [1.165, 1.54) is 6.07 Å². The normalized spacial score (nSPS) is 12.5. The molecule has 0 fully saturated rings. The topological polar surface area (TPSA) is 26.0 Å². The fraction of sp³-hybridized carbons (Fsp3) is 0.273. The molecular formula is C11H13BrFN. The lowest BCUT2D eigenvalue weighted by Crippen LogP contribution is -2.09. The van der Waals surface area contributed by atoms with Crippen molar-refractivity contribution in [2.24, 2.45) is 5.73 Å². The summed E-state index contributed by atoms with van der Waals surface area (Å²) in [4.78, 5) is 0. The van der Waals surface area contributed by atoms with Crippen LogP contribution < -0.4 is 5.73 Å². The minimum Gasteiger partial charge on any atom is -0.324 e. The molecule has 3 heteroatoms. The molecule has 14 heavy (non-hydrogen) atoms. The Morgan fingerprint density at radius 1 is 1.57 bits per heavy atom. The largest absolute Gasteiger partial charge is 0.324 e. The Morgan fingerprint density at radius 2 is 2.29 bits per heavy atom. The van der Waals surface area contributed by atoms with Crippen LogP contribution in [-0.4, -0.2) is 0 Å². The van der Waals surface area contributed by atoms with Crippen LogP contribution in [0, 0.1) is 5.82 Å². The maximum Gasteiger partial charge on any atom is 0.137 e. The van der Waals surface area contributed by atoms with Crippen LogP contribution in [0.4, 0.5) is 4.39 Å². The molecule has 0 saturated heterocycles.